The van der Waals surface area contributed by atoms with Gasteiger partial charge in [0, 0.05) is 9.85 Å². The molecule has 0 radical (unpaired) electrons. The standard InChI is InChI=1S/C15H17BrFNOS/c1-3-6-18-15(11-8-20-9-12(11)16)10-4-5-13(17)14(7-10)19-2/h4-5,7-9,15,18H,3,6H2,1-2H3. The fraction of sp³-hybridized carbons (Fsp3) is 0.333. The van der Waals surface area contributed by atoms with Crippen molar-refractivity contribution in [3.05, 3.63) is 50.4 Å². The lowest BCUT2D eigenvalue weighted by Gasteiger charge is -2.19. The predicted octanol–water partition coefficient (Wildman–Crippen LogP) is 4.75. The molecule has 1 aromatic heterocycles. The summed E-state index contributed by atoms with van der Waals surface area (Å²) in [4.78, 5) is 0. The van der Waals surface area contributed by atoms with Crippen molar-refractivity contribution in [3.63, 3.8) is 0 Å². The number of thiophene rings is 1. The van der Waals surface area contributed by atoms with E-state index in [1.807, 2.05) is 0 Å². The second-order valence-corrected chi connectivity index (χ2v) is 6.05. The number of rotatable bonds is 6. The summed E-state index contributed by atoms with van der Waals surface area (Å²) in [7, 11) is 1.48. The van der Waals surface area contributed by atoms with Crippen molar-refractivity contribution < 1.29 is 9.13 Å². The van der Waals surface area contributed by atoms with Gasteiger partial charge in [0.1, 0.15) is 0 Å². The number of halogens is 2. The fourth-order valence-corrected chi connectivity index (χ4v) is 3.60. The summed E-state index contributed by atoms with van der Waals surface area (Å²) in [5.41, 5.74) is 2.16. The van der Waals surface area contributed by atoms with Crippen LogP contribution in [0.4, 0.5) is 4.39 Å². The molecule has 0 amide bonds. The molecular weight excluding hydrogens is 341 g/mol. The molecule has 1 N–H and O–H groups in total. The molecule has 0 saturated heterocycles. The van der Waals surface area contributed by atoms with Crippen LogP contribution in [0.3, 0.4) is 0 Å². The zero-order chi connectivity index (χ0) is 14.5. The Kier molecular flexibility index (Phi) is 5.57. The van der Waals surface area contributed by atoms with E-state index in [4.69, 9.17) is 4.74 Å². The van der Waals surface area contributed by atoms with E-state index >= 15 is 0 Å². The second-order valence-electron chi connectivity index (χ2n) is 4.46. The van der Waals surface area contributed by atoms with Crippen LogP contribution in [0.5, 0.6) is 5.75 Å². The number of methoxy groups -OCH3 is 1. The second kappa shape index (κ2) is 7.20. The van der Waals surface area contributed by atoms with E-state index < -0.39 is 0 Å². The average molecular weight is 358 g/mol. The molecule has 108 valence electrons. The van der Waals surface area contributed by atoms with Crippen LogP contribution in [0.25, 0.3) is 0 Å². The summed E-state index contributed by atoms with van der Waals surface area (Å²) >= 11 is 5.21. The van der Waals surface area contributed by atoms with Crippen molar-refractivity contribution >= 4 is 27.3 Å². The maximum absolute atomic E-state index is 13.6. The van der Waals surface area contributed by atoms with Crippen LogP contribution in [0.1, 0.15) is 30.5 Å². The molecule has 0 fully saturated rings. The molecule has 1 unspecified atom stereocenters. The third-order valence-electron chi connectivity index (χ3n) is 3.06. The highest BCUT2D eigenvalue weighted by Crippen LogP contribution is 2.33. The number of ether oxygens (including phenoxy) is 1. The highest BCUT2D eigenvalue weighted by atomic mass is 79.9. The number of nitrogens with one attached hydrogen (secondary N) is 1. The molecule has 2 rings (SSSR count). The SMILES string of the molecule is CCCNC(c1ccc(F)c(OC)c1)c1cscc1Br. The number of hydrogen-bond donors (Lipinski definition) is 1. The van der Waals surface area contributed by atoms with Crippen LogP contribution in [0.2, 0.25) is 0 Å². The molecular formula is C15H17BrFNOS. The summed E-state index contributed by atoms with van der Waals surface area (Å²) < 4.78 is 19.7. The fourth-order valence-electron chi connectivity index (χ4n) is 2.05. The summed E-state index contributed by atoms with van der Waals surface area (Å²) in [5.74, 6) is -0.0629. The highest BCUT2D eigenvalue weighted by Gasteiger charge is 2.18. The molecule has 0 spiro atoms. The Morgan fingerprint density at radius 1 is 1.40 bits per heavy atom. The maximum atomic E-state index is 13.6. The predicted molar refractivity (Wildman–Crippen MR) is 85.1 cm³/mol. The van der Waals surface area contributed by atoms with Crippen LogP contribution in [-0.4, -0.2) is 13.7 Å². The minimum absolute atomic E-state index is 0.0325. The first-order valence-corrected chi connectivity index (χ1v) is 8.19. The third kappa shape index (κ3) is 3.40. The molecule has 1 atom stereocenters. The van der Waals surface area contributed by atoms with Crippen molar-refractivity contribution in [1.29, 1.82) is 0 Å². The maximum Gasteiger partial charge on any atom is 0.165 e. The first kappa shape index (κ1) is 15.5. The molecule has 20 heavy (non-hydrogen) atoms. The van der Waals surface area contributed by atoms with Gasteiger partial charge in [-0.25, -0.2) is 4.39 Å². The van der Waals surface area contributed by atoms with E-state index in [0.717, 1.165) is 28.6 Å². The lowest BCUT2D eigenvalue weighted by molar-refractivity contribution is 0.385. The van der Waals surface area contributed by atoms with E-state index in [9.17, 15) is 4.39 Å². The molecule has 0 aliphatic carbocycles. The van der Waals surface area contributed by atoms with Crippen molar-refractivity contribution in [2.45, 2.75) is 19.4 Å². The van der Waals surface area contributed by atoms with E-state index in [1.54, 1.807) is 23.5 Å². The quantitative estimate of drug-likeness (QED) is 0.805. The third-order valence-corrected chi connectivity index (χ3v) is 4.81. The minimum atomic E-state index is -0.338. The first-order valence-electron chi connectivity index (χ1n) is 6.45. The van der Waals surface area contributed by atoms with Crippen molar-refractivity contribution in [2.75, 3.05) is 13.7 Å². The van der Waals surface area contributed by atoms with Crippen molar-refractivity contribution in [3.8, 4) is 5.75 Å². The first-order chi connectivity index (χ1) is 9.67. The summed E-state index contributed by atoms with van der Waals surface area (Å²) in [5, 5.41) is 7.66. The van der Waals surface area contributed by atoms with Gasteiger partial charge in [-0.05, 0) is 57.5 Å². The van der Waals surface area contributed by atoms with Crippen LogP contribution in [0.15, 0.2) is 33.4 Å². The van der Waals surface area contributed by atoms with Gasteiger partial charge in [-0.15, -0.1) is 0 Å². The van der Waals surface area contributed by atoms with Crippen molar-refractivity contribution in [1.82, 2.24) is 5.32 Å². The van der Waals surface area contributed by atoms with E-state index in [1.165, 1.54) is 13.2 Å². The van der Waals surface area contributed by atoms with Gasteiger partial charge in [-0.2, -0.15) is 11.3 Å². The Morgan fingerprint density at radius 3 is 2.80 bits per heavy atom. The molecule has 2 aromatic rings. The van der Waals surface area contributed by atoms with Crippen molar-refractivity contribution in [2.24, 2.45) is 0 Å². The summed E-state index contributed by atoms with van der Waals surface area (Å²) in [6.45, 7) is 3.02. The van der Waals surface area contributed by atoms with Gasteiger partial charge in [-0.1, -0.05) is 13.0 Å². The minimum Gasteiger partial charge on any atom is -0.494 e. The Labute approximate surface area is 131 Å². The van der Waals surface area contributed by atoms with Crippen LogP contribution < -0.4 is 10.1 Å². The van der Waals surface area contributed by atoms with Gasteiger partial charge >= 0.3 is 0 Å². The molecule has 0 bridgehead atoms. The highest BCUT2D eigenvalue weighted by molar-refractivity contribution is 9.10. The lowest BCUT2D eigenvalue weighted by atomic mass is 10.0. The molecule has 0 aliphatic rings. The molecule has 1 aromatic carbocycles. The molecule has 2 nitrogen and oxygen atoms in total. The molecule has 1 heterocycles. The summed E-state index contributed by atoms with van der Waals surface area (Å²) in [6, 6.07) is 5.04. The normalized spacial score (nSPS) is 12.4. The van der Waals surface area contributed by atoms with Gasteiger partial charge in [0.25, 0.3) is 0 Å². The van der Waals surface area contributed by atoms with Crippen LogP contribution in [-0.2, 0) is 0 Å². The molecule has 5 heteroatoms. The Bertz CT molecular complexity index is 573. The van der Waals surface area contributed by atoms with Gasteiger partial charge in [-0.3, -0.25) is 0 Å². The van der Waals surface area contributed by atoms with Crippen LogP contribution >= 0.6 is 27.3 Å². The van der Waals surface area contributed by atoms with Gasteiger partial charge in [0.2, 0.25) is 0 Å². The molecule has 0 saturated carbocycles. The van der Waals surface area contributed by atoms with E-state index in [2.05, 4.69) is 38.9 Å². The number of benzene rings is 1. The molecule has 0 aliphatic heterocycles. The van der Waals surface area contributed by atoms with Gasteiger partial charge in [0.15, 0.2) is 11.6 Å². The van der Waals surface area contributed by atoms with E-state index in [0.29, 0.717) is 0 Å². The monoisotopic (exact) mass is 357 g/mol. The Hall–Kier alpha value is -0.910. The van der Waals surface area contributed by atoms with Gasteiger partial charge in [0.05, 0.1) is 13.2 Å². The lowest BCUT2D eigenvalue weighted by Crippen LogP contribution is -2.23. The van der Waals surface area contributed by atoms with E-state index in [-0.39, 0.29) is 17.6 Å². The zero-order valence-electron chi connectivity index (χ0n) is 11.5. The van der Waals surface area contributed by atoms with Gasteiger partial charge < -0.3 is 10.1 Å². The van der Waals surface area contributed by atoms with Crippen LogP contribution in [0, 0.1) is 5.82 Å². The largest absolute Gasteiger partial charge is 0.494 e. The Morgan fingerprint density at radius 2 is 2.20 bits per heavy atom. The number of hydrogen-bond acceptors (Lipinski definition) is 3. The topological polar surface area (TPSA) is 21.3 Å². The Balaban J connectivity index is 2.38. The summed E-state index contributed by atoms with van der Waals surface area (Å²) in [6.07, 6.45) is 1.04. The zero-order valence-corrected chi connectivity index (χ0v) is 13.9. The smallest absolute Gasteiger partial charge is 0.165 e. The average Bonchev–Trinajstić information content (AvgIpc) is 2.87.